The van der Waals surface area contributed by atoms with E-state index < -0.39 is 5.41 Å². The van der Waals surface area contributed by atoms with Crippen molar-refractivity contribution >= 4 is 20.1 Å². The standard InChI is InChI=1S/C27H21O2P/c28-25(26(30)29-24-19-11-4-12-20-24)27(21-13-5-1-6-14-21,22-15-7-2-8-16-22)23-17-9-3-10-18-23/h1-20,30H. The molecule has 0 aliphatic carbocycles. The Balaban J connectivity index is 1.93. The molecule has 0 amide bonds. The maximum Gasteiger partial charge on any atom is 0.221 e. The number of Topliss-reactive ketones (excluding diaryl/α,β-unsaturated/α-hetero) is 1. The molecule has 2 nitrogen and oxygen atoms in total. The van der Waals surface area contributed by atoms with Gasteiger partial charge in [-0.15, -0.1) is 0 Å². The van der Waals surface area contributed by atoms with Crippen LogP contribution in [0.1, 0.15) is 16.7 Å². The van der Waals surface area contributed by atoms with Gasteiger partial charge in [0.25, 0.3) is 0 Å². The third-order valence-electron chi connectivity index (χ3n) is 5.13. The Kier molecular flexibility index (Phi) is 5.88. The van der Waals surface area contributed by atoms with Crippen LogP contribution in [0.25, 0.3) is 0 Å². The molecule has 0 aromatic heterocycles. The van der Waals surface area contributed by atoms with Crippen molar-refractivity contribution in [1.29, 1.82) is 0 Å². The highest BCUT2D eigenvalue weighted by atomic mass is 31.0. The first kappa shape index (κ1) is 19.8. The monoisotopic (exact) mass is 408 g/mol. The lowest BCUT2D eigenvalue weighted by atomic mass is 9.66. The lowest BCUT2D eigenvalue weighted by molar-refractivity contribution is -0.116. The van der Waals surface area contributed by atoms with Gasteiger partial charge in [0.15, 0.2) is 5.48 Å². The third kappa shape index (κ3) is 3.70. The summed E-state index contributed by atoms with van der Waals surface area (Å²) < 4.78 is 5.93. The first-order chi connectivity index (χ1) is 14.7. The Bertz CT molecular complexity index is 1030. The molecule has 0 heterocycles. The van der Waals surface area contributed by atoms with E-state index in [1.165, 1.54) is 0 Å². The Hall–Kier alpha value is -3.48. The normalized spacial score (nSPS) is 10.9. The van der Waals surface area contributed by atoms with Crippen LogP contribution in [0.5, 0.6) is 5.75 Å². The fourth-order valence-electron chi connectivity index (χ4n) is 3.78. The minimum absolute atomic E-state index is 0.151. The number of para-hydroxylation sites is 1. The second kappa shape index (κ2) is 8.90. The van der Waals surface area contributed by atoms with Crippen molar-refractivity contribution in [3.8, 4) is 5.75 Å². The van der Waals surface area contributed by atoms with E-state index in [0.717, 1.165) is 16.7 Å². The van der Waals surface area contributed by atoms with Gasteiger partial charge >= 0.3 is 0 Å². The van der Waals surface area contributed by atoms with Crippen LogP contribution in [0, 0.1) is 0 Å². The Morgan fingerprint density at radius 3 is 1.27 bits per heavy atom. The van der Waals surface area contributed by atoms with Crippen molar-refractivity contribution in [3.63, 3.8) is 0 Å². The zero-order chi connectivity index (χ0) is 20.8. The van der Waals surface area contributed by atoms with Crippen LogP contribution in [0.15, 0.2) is 121 Å². The molecule has 0 fully saturated rings. The molecule has 0 atom stereocenters. The van der Waals surface area contributed by atoms with Gasteiger partial charge in [0.1, 0.15) is 11.2 Å². The topological polar surface area (TPSA) is 26.3 Å². The van der Waals surface area contributed by atoms with E-state index in [-0.39, 0.29) is 11.3 Å². The Morgan fingerprint density at radius 2 is 0.900 bits per heavy atom. The summed E-state index contributed by atoms with van der Waals surface area (Å²) in [6.07, 6.45) is 0. The van der Waals surface area contributed by atoms with Gasteiger partial charge in [0.2, 0.25) is 5.78 Å². The van der Waals surface area contributed by atoms with Crippen molar-refractivity contribution in [2.45, 2.75) is 5.41 Å². The summed E-state index contributed by atoms with van der Waals surface area (Å²) in [4.78, 5) is 14.2. The van der Waals surface area contributed by atoms with Crippen LogP contribution in [0.3, 0.4) is 0 Å². The van der Waals surface area contributed by atoms with Gasteiger partial charge in [0, 0.05) is 0 Å². The summed E-state index contributed by atoms with van der Waals surface area (Å²) in [7, 11) is 3.52. The van der Waals surface area contributed by atoms with Gasteiger partial charge in [-0.2, -0.15) is 0 Å². The highest BCUT2D eigenvalue weighted by molar-refractivity contribution is 7.25. The minimum atomic E-state index is -1.06. The lowest BCUT2D eigenvalue weighted by Crippen LogP contribution is -2.43. The summed E-state index contributed by atoms with van der Waals surface area (Å²) >= 11 is 0. The van der Waals surface area contributed by atoms with Gasteiger partial charge in [-0.3, -0.25) is 4.79 Å². The molecule has 0 aliphatic rings. The minimum Gasteiger partial charge on any atom is -0.449 e. The van der Waals surface area contributed by atoms with Crippen molar-refractivity contribution in [2.24, 2.45) is 0 Å². The van der Waals surface area contributed by atoms with E-state index in [4.69, 9.17) is 4.74 Å². The van der Waals surface area contributed by atoms with E-state index in [2.05, 4.69) is 8.86 Å². The predicted molar refractivity (Wildman–Crippen MR) is 125 cm³/mol. The molecule has 0 saturated carbocycles. The molecule has 4 rings (SSSR count). The van der Waals surface area contributed by atoms with Gasteiger partial charge in [-0.1, -0.05) is 118 Å². The molecule has 0 radical (unpaired) electrons. The first-order valence-corrected chi connectivity index (χ1v) is 10.3. The SMILES string of the molecule is O=C(C(=P)Oc1ccccc1)C(c1ccccc1)(c1ccccc1)c1ccccc1. The summed E-state index contributed by atoms with van der Waals surface area (Å²) in [5.41, 5.74) is 1.72. The van der Waals surface area contributed by atoms with E-state index in [9.17, 15) is 4.79 Å². The summed E-state index contributed by atoms with van der Waals surface area (Å²) in [5, 5.41) is 0. The van der Waals surface area contributed by atoms with Gasteiger partial charge in [-0.25, -0.2) is 0 Å². The zero-order valence-electron chi connectivity index (χ0n) is 16.4. The van der Waals surface area contributed by atoms with Crippen LogP contribution in [0.4, 0.5) is 0 Å². The second-order valence-electron chi connectivity index (χ2n) is 6.92. The molecule has 0 bridgehead atoms. The second-order valence-corrected chi connectivity index (χ2v) is 7.38. The number of carbonyl (C=O) groups excluding carboxylic acids is 1. The number of carbonyl (C=O) groups is 1. The molecule has 4 aromatic rings. The molecule has 0 N–H and O–H groups in total. The van der Waals surface area contributed by atoms with Gasteiger partial charge in [-0.05, 0) is 28.8 Å². The Labute approximate surface area is 179 Å². The van der Waals surface area contributed by atoms with Crippen molar-refractivity contribution in [2.75, 3.05) is 0 Å². The zero-order valence-corrected chi connectivity index (χ0v) is 17.4. The summed E-state index contributed by atoms with van der Waals surface area (Å²) in [6.45, 7) is 0. The molecule has 3 heteroatoms. The molecular weight excluding hydrogens is 387 g/mol. The van der Waals surface area contributed by atoms with E-state index in [1.54, 1.807) is 0 Å². The van der Waals surface area contributed by atoms with Gasteiger partial charge < -0.3 is 4.74 Å². The summed E-state index contributed by atoms with van der Waals surface area (Å²) in [6, 6.07) is 38.8. The Morgan fingerprint density at radius 1 is 0.567 bits per heavy atom. The third-order valence-corrected chi connectivity index (χ3v) is 5.46. The highest BCUT2D eigenvalue weighted by Gasteiger charge is 2.45. The van der Waals surface area contributed by atoms with Gasteiger partial charge in [0.05, 0.1) is 0 Å². The molecule has 4 aromatic carbocycles. The van der Waals surface area contributed by atoms with Crippen molar-refractivity contribution < 1.29 is 9.53 Å². The number of rotatable bonds is 7. The number of ether oxygens (including phenoxy) is 1. The lowest BCUT2D eigenvalue weighted by Gasteiger charge is -2.34. The smallest absolute Gasteiger partial charge is 0.221 e. The summed E-state index contributed by atoms with van der Waals surface area (Å²) in [5.74, 6) is 0.422. The molecule has 0 saturated heterocycles. The molecule has 0 unspecified atom stereocenters. The average Bonchev–Trinajstić information content (AvgIpc) is 2.82. The maximum atomic E-state index is 14.2. The average molecular weight is 408 g/mol. The number of ketones is 1. The van der Waals surface area contributed by atoms with Crippen LogP contribution >= 0.6 is 8.86 Å². The first-order valence-electron chi connectivity index (χ1n) is 9.76. The molecule has 0 aliphatic heterocycles. The predicted octanol–water partition coefficient (Wildman–Crippen LogP) is 5.94. The molecule has 146 valence electrons. The van der Waals surface area contributed by atoms with Crippen LogP contribution in [-0.2, 0) is 10.2 Å². The van der Waals surface area contributed by atoms with Crippen LogP contribution < -0.4 is 4.74 Å². The fraction of sp³-hybridized carbons (Fsp3) is 0.0370. The van der Waals surface area contributed by atoms with E-state index in [0.29, 0.717) is 5.75 Å². The van der Waals surface area contributed by atoms with Crippen LogP contribution in [0.2, 0.25) is 0 Å². The molecule has 30 heavy (non-hydrogen) atoms. The largest absolute Gasteiger partial charge is 0.449 e. The number of hydrogen-bond donors (Lipinski definition) is 0. The fourth-order valence-corrected chi connectivity index (χ4v) is 4.09. The molecular formula is C27H21O2P. The number of hydrogen-bond acceptors (Lipinski definition) is 2. The maximum absolute atomic E-state index is 14.2. The van der Waals surface area contributed by atoms with Crippen molar-refractivity contribution in [3.05, 3.63) is 138 Å². The quantitative estimate of drug-likeness (QED) is 0.279. The van der Waals surface area contributed by atoms with E-state index in [1.807, 2.05) is 121 Å². The number of benzene rings is 4. The van der Waals surface area contributed by atoms with E-state index >= 15 is 0 Å². The molecule has 0 spiro atoms. The highest BCUT2D eigenvalue weighted by Crippen LogP contribution is 2.40. The van der Waals surface area contributed by atoms with Crippen LogP contribution in [-0.4, -0.2) is 11.3 Å². The van der Waals surface area contributed by atoms with Crippen molar-refractivity contribution in [1.82, 2.24) is 0 Å².